The van der Waals surface area contributed by atoms with Gasteiger partial charge in [-0.05, 0) is 23.7 Å². The summed E-state index contributed by atoms with van der Waals surface area (Å²) in [5.74, 6) is -0.406. The van der Waals surface area contributed by atoms with Gasteiger partial charge >= 0.3 is 0 Å². The van der Waals surface area contributed by atoms with E-state index in [1.165, 1.54) is 18.3 Å². The molecule has 0 aliphatic rings. The molecule has 0 aliphatic heterocycles. The summed E-state index contributed by atoms with van der Waals surface area (Å²) in [6.07, 6.45) is 1.26. The summed E-state index contributed by atoms with van der Waals surface area (Å²) in [4.78, 5) is 14.6. The molecule has 70 valence electrons. The number of hydrogen-bond donors (Lipinski definition) is 0. The first-order chi connectivity index (χ1) is 6.68. The van der Waals surface area contributed by atoms with Gasteiger partial charge in [-0.3, -0.25) is 9.78 Å². The minimum absolute atomic E-state index is 0.245. The Balaban J connectivity index is 2.73. The van der Waals surface area contributed by atoms with Crippen molar-refractivity contribution in [2.75, 3.05) is 0 Å². The van der Waals surface area contributed by atoms with Crippen molar-refractivity contribution < 1.29 is 9.18 Å². The molecule has 0 fully saturated rings. The van der Waals surface area contributed by atoms with Gasteiger partial charge < -0.3 is 0 Å². The van der Waals surface area contributed by atoms with Crippen molar-refractivity contribution >= 4 is 27.7 Å². The molecular weight excluding hydrogens is 205 g/mol. The molecule has 14 heavy (non-hydrogen) atoms. The van der Waals surface area contributed by atoms with Gasteiger partial charge in [0.25, 0.3) is 5.24 Å². The second-order valence-corrected chi connectivity index (χ2v) is 3.15. The number of aromatic nitrogens is 1. The Kier molecular flexibility index (Phi) is 2.17. The molecule has 0 amide bonds. The van der Waals surface area contributed by atoms with E-state index in [0.717, 1.165) is 0 Å². The second-order valence-electron chi connectivity index (χ2n) is 2.81. The molecule has 0 aliphatic carbocycles. The molecule has 4 heteroatoms. The van der Waals surface area contributed by atoms with Crippen LogP contribution in [0.25, 0.3) is 10.9 Å². The number of pyridine rings is 1. The molecule has 0 radical (unpaired) electrons. The smallest absolute Gasteiger partial charge is 0.253 e. The zero-order valence-electron chi connectivity index (χ0n) is 7.00. The van der Waals surface area contributed by atoms with Crippen molar-refractivity contribution in [2.24, 2.45) is 0 Å². The summed E-state index contributed by atoms with van der Waals surface area (Å²) < 4.78 is 13.1. The molecule has 1 aromatic carbocycles. The number of nitrogens with zero attached hydrogens (tertiary/aromatic N) is 1. The molecule has 1 aromatic heterocycles. The van der Waals surface area contributed by atoms with Gasteiger partial charge in [0, 0.05) is 11.6 Å². The first-order valence-electron chi connectivity index (χ1n) is 3.92. The van der Waals surface area contributed by atoms with Crippen molar-refractivity contribution in [2.45, 2.75) is 0 Å². The number of carbonyl (C=O) groups excluding carboxylic acids is 1. The topological polar surface area (TPSA) is 30.0 Å². The van der Waals surface area contributed by atoms with E-state index < -0.39 is 11.1 Å². The Labute approximate surface area is 84.3 Å². The third-order valence-corrected chi connectivity index (χ3v) is 2.11. The van der Waals surface area contributed by atoms with Crippen LogP contribution in [0.1, 0.15) is 10.4 Å². The summed E-state index contributed by atoms with van der Waals surface area (Å²) >= 11 is 5.27. The zero-order valence-corrected chi connectivity index (χ0v) is 7.75. The highest BCUT2D eigenvalue weighted by atomic mass is 35.5. The molecule has 2 rings (SSSR count). The van der Waals surface area contributed by atoms with Gasteiger partial charge in [-0.15, -0.1) is 0 Å². The van der Waals surface area contributed by atoms with E-state index in [9.17, 15) is 9.18 Å². The number of halogens is 2. The van der Waals surface area contributed by atoms with Crippen LogP contribution in [0.3, 0.4) is 0 Å². The average Bonchev–Trinajstić information content (AvgIpc) is 2.17. The molecule has 0 N–H and O–H groups in total. The van der Waals surface area contributed by atoms with Crippen LogP contribution in [0.15, 0.2) is 30.5 Å². The Morgan fingerprint density at radius 3 is 2.93 bits per heavy atom. The summed E-state index contributed by atoms with van der Waals surface area (Å²) in [6.45, 7) is 0. The van der Waals surface area contributed by atoms with Crippen LogP contribution in [-0.2, 0) is 0 Å². The maximum atomic E-state index is 13.1. The lowest BCUT2D eigenvalue weighted by molar-refractivity contribution is 0.108. The lowest BCUT2D eigenvalue weighted by Crippen LogP contribution is -1.92. The number of carbonyl (C=O) groups is 1. The van der Waals surface area contributed by atoms with Gasteiger partial charge in [0.1, 0.15) is 11.3 Å². The molecule has 0 bridgehead atoms. The molecule has 2 nitrogen and oxygen atoms in total. The normalized spacial score (nSPS) is 10.4. The van der Waals surface area contributed by atoms with Gasteiger partial charge in [0.05, 0.1) is 5.56 Å². The molecule has 0 unspecified atom stereocenters. The summed E-state index contributed by atoms with van der Waals surface area (Å²) in [7, 11) is 0. The van der Waals surface area contributed by atoms with Crippen molar-refractivity contribution in [3.63, 3.8) is 0 Å². The van der Waals surface area contributed by atoms with Gasteiger partial charge in [-0.2, -0.15) is 0 Å². The highest BCUT2D eigenvalue weighted by molar-refractivity contribution is 6.67. The average molecular weight is 210 g/mol. The van der Waals surface area contributed by atoms with E-state index in [-0.39, 0.29) is 11.1 Å². The van der Waals surface area contributed by atoms with E-state index in [2.05, 4.69) is 4.98 Å². The maximum absolute atomic E-state index is 13.1. The van der Waals surface area contributed by atoms with Crippen molar-refractivity contribution in [3.8, 4) is 0 Å². The SMILES string of the molecule is O=C(Cl)c1cnc2c(F)cccc2c1. The van der Waals surface area contributed by atoms with Gasteiger partial charge in [-0.25, -0.2) is 4.39 Å². The fraction of sp³-hybridized carbons (Fsp3) is 0. The van der Waals surface area contributed by atoms with E-state index in [4.69, 9.17) is 11.6 Å². The van der Waals surface area contributed by atoms with Crippen LogP contribution in [0, 0.1) is 5.82 Å². The Bertz CT molecular complexity index is 512. The van der Waals surface area contributed by atoms with E-state index >= 15 is 0 Å². The Hall–Kier alpha value is -1.48. The number of benzene rings is 1. The molecule has 0 spiro atoms. The third-order valence-electron chi connectivity index (χ3n) is 1.89. The Morgan fingerprint density at radius 1 is 1.43 bits per heavy atom. The highest BCUT2D eigenvalue weighted by Gasteiger charge is 2.06. The van der Waals surface area contributed by atoms with Crippen molar-refractivity contribution in [1.29, 1.82) is 0 Å². The maximum Gasteiger partial charge on any atom is 0.253 e. The van der Waals surface area contributed by atoms with E-state index in [0.29, 0.717) is 5.39 Å². The highest BCUT2D eigenvalue weighted by Crippen LogP contribution is 2.17. The number of rotatable bonds is 1. The van der Waals surface area contributed by atoms with Crippen LogP contribution in [0.2, 0.25) is 0 Å². The molecule has 2 aromatic rings. The van der Waals surface area contributed by atoms with Crippen LogP contribution in [0.4, 0.5) is 4.39 Å². The standard InChI is InChI=1S/C10H5ClFNO/c11-10(14)7-4-6-2-1-3-8(12)9(6)13-5-7/h1-5H. The fourth-order valence-corrected chi connectivity index (χ4v) is 1.33. The predicted octanol–water partition coefficient (Wildman–Crippen LogP) is 2.75. The summed E-state index contributed by atoms with van der Waals surface area (Å²) in [6, 6.07) is 6.06. The van der Waals surface area contributed by atoms with Crippen molar-refractivity contribution in [3.05, 3.63) is 41.8 Å². The van der Waals surface area contributed by atoms with Crippen molar-refractivity contribution in [1.82, 2.24) is 4.98 Å². The molecule has 0 saturated heterocycles. The summed E-state index contributed by atoms with van der Waals surface area (Å²) in [5, 5.41) is -0.0276. The lowest BCUT2D eigenvalue weighted by atomic mass is 10.2. The van der Waals surface area contributed by atoms with Crippen LogP contribution in [-0.4, -0.2) is 10.2 Å². The number of hydrogen-bond acceptors (Lipinski definition) is 2. The van der Waals surface area contributed by atoms with Gasteiger partial charge in [0.2, 0.25) is 0 Å². The number of fused-ring (bicyclic) bond motifs is 1. The number of para-hydroxylation sites is 1. The predicted molar refractivity (Wildman–Crippen MR) is 51.9 cm³/mol. The fourth-order valence-electron chi connectivity index (χ4n) is 1.23. The Morgan fingerprint density at radius 2 is 2.21 bits per heavy atom. The summed E-state index contributed by atoms with van der Waals surface area (Å²) in [5.41, 5.74) is 0.513. The first-order valence-corrected chi connectivity index (χ1v) is 4.30. The molecule has 0 atom stereocenters. The second kappa shape index (κ2) is 3.35. The van der Waals surface area contributed by atoms with Crippen LogP contribution >= 0.6 is 11.6 Å². The lowest BCUT2D eigenvalue weighted by Gasteiger charge is -1.99. The molecule has 1 heterocycles. The monoisotopic (exact) mass is 209 g/mol. The largest absolute Gasteiger partial charge is 0.276 e. The first kappa shape index (κ1) is 9.09. The zero-order chi connectivity index (χ0) is 10.1. The minimum atomic E-state index is -0.594. The van der Waals surface area contributed by atoms with Gasteiger partial charge in [0.15, 0.2) is 0 Å². The third kappa shape index (κ3) is 1.46. The van der Waals surface area contributed by atoms with E-state index in [1.807, 2.05) is 0 Å². The van der Waals surface area contributed by atoms with E-state index in [1.54, 1.807) is 12.1 Å². The van der Waals surface area contributed by atoms with Gasteiger partial charge in [-0.1, -0.05) is 12.1 Å². The van der Waals surface area contributed by atoms with Crippen LogP contribution < -0.4 is 0 Å². The van der Waals surface area contributed by atoms with Crippen LogP contribution in [0.5, 0.6) is 0 Å². The minimum Gasteiger partial charge on any atom is -0.276 e. The molecular formula is C10H5ClFNO. The quantitative estimate of drug-likeness (QED) is 0.676. The molecule has 0 saturated carbocycles.